The summed E-state index contributed by atoms with van der Waals surface area (Å²) in [6, 6.07) is 5.83. The second-order valence-electron chi connectivity index (χ2n) is 10.3. The molecule has 0 aliphatic heterocycles. The molecular weight excluding hydrogens is 453 g/mol. The van der Waals surface area contributed by atoms with Crippen molar-refractivity contribution < 1.29 is 19.1 Å². The van der Waals surface area contributed by atoms with Crippen LogP contribution in [0.2, 0.25) is 0 Å². The van der Waals surface area contributed by atoms with Crippen LogP contribution in [-0.4, -0.2) is 22.2 Å². The summed E-state index contributed by atoms with van der Waals surface area (Å²) in [6.45, 7) is 1.59. The van der Waals surface area contributed by atoms with E-state index in [-0.39, 0.29) is 11.3 Å². The summed E-state index contributed by atoms with van der Waals surface area (Å²) in [4.78, 5) is 32.0. The monoisotopic (exact) mass is 491 g/mol. The molecule has 0 bridgehead atoms. The number of hydrogen-bond acceptors (Lipinski definition) is 3. The Morgan fingerprint density at radius 1 is 1.24 bits per heavy atom. The molecule has 1 saturated carbocycles. The van der Waals surface area contributed by atoms with Gasteiger partial charge in [0.15, 0.2) is 0 Å². The highest BCUT2D eigenvalue weighted by atomic mass is 32.5. The minimum Gasteiger partial charge on any atom is -0.424 e. The van der Waals surface area contributed by atoms with E-state index in [4.69, 9.17) is 4.52 Å². The van der Waals surface area contributed by atoms with E-state index in [1.807, 2.05) is 12.1 Å². The van der Waals surface area contributed by atoms with Gasteiger partial charge in [0.1, 0.15) is 5.75 Å². The molecule has 0 heterocycles. The zero-order valence-corrected chi connectivity index (χ0v) is 21.6. The average Bonchev–Trinajstić information content (AvgIpc) is 3.12. The van der Waals surface area contributed by atoms with Crippen LogP contribution >= 0.6 is 6.72 Å². The van der Waals surface area contributed by atoms with Crippen molar-refractivity contribution in [1.29, 1.82) is 0 Å². The summed E-state index contributed by atoms with van der Waals surface area (Å²) in [6.07, 6.45) is 13.4. The second kappa shape index (κ2) is 10.2. The van der Waals surface area contributed by atoms with Crippen LogP contribution in [0.25, 0.3) is 0 Å². The van der Waals surface area contributed by atoms with E-state index >= 15 is 0 Å². The molecule has 1 amide bonds. The van der Waals surface area contributed by atoms with Gasteiger partial charge in [-0.2, -0.15) is 0 Å². The number of fused-ring (bicyclic) bond motifs is 5. The molecule has 1 aromatic rings. The van der Waals surface area contributed by atoms with Gasteiger partial charge in [-0.05, 0) is 79.5 Å². The van der Waals surface area contributed by atoms with E-state index in [1.54, 1.807) is 0 Å². The van der Waals surface area contributed by atoms with Crippen molar-refractivity contribution >= 4 is 24.4 Å². The predicted octanol–water partition coefficient (Wildman–Crippen LogP) is 5.75. The lowest BCUT2D eigenvalue weighted by atomic mass is 9.54. The second-order valence-corrected chi connectivity index (χ2v) is 12.9. The van der Waals surface area contributed by atoms with Gasteiger partial charge in [-0.1, -0.05) is 51.7 Å². The third kappa shape index (κ3) is 5.40. The van der Waals surface area contributed by atoms with E-state index in [9.17, 15) is 14.6 Å². The maximum absolute atomic E-state index is 13.1. The van der Waals surface area contributed by atoms with Gasteiger partial charge in [0.2, 0.25) is 5.91 Å². The molecule has 4 rings (SSSR count). The summed E-state index contributed by atoms with van der Waals surface area (Å²) < 4.78 is 5.17. The van der Waals surface area contributed by atoms with Crippen molar-refractivity contribution in [3.63, 3.8) is 0 Å². The van der Waals surface area contributed by atoms with Crippen LogP contribution in [0.1, 0.15) is 88.7 Å². The van der Waals surface area contributed by atoms with E-state index in [0.717, 1.165) is 50.6 Å². The summed E-state index contributed by atoms with van der Waals surface area (Å²) in [5.41, 5.74) is 3.57. The fourth-order valence-electron chi connectivity index (χ4n) is 6.70. The molecule has 0 radical (unpaired) electrons. The molecule has 4 atom stereocenters. The Morgan fingerprint density at radius 3 is 2.79 bits per heavy atom. The lowest BCUT2D eigenvalue weighted by Crippen LogP contribution is -2.44. The third-order valence-electron chi connectivity index (χ3n) is 8.31. The van der Waals surface area contributed by atoms with Gasteiger partial charge < -0.3 is 19.6 Å². The number of nitrogens with one attached hydrogen (secondary N) is 1. The number of benzene rings is 1. The van der Waals surface area contributed by atoms with Crippen molar-refractivity contribution in [3.8, 4) is 5.75 Å². The first-order valence-corrected chi connectivity index (χ1v) is 15.2. The number of carbonyl (C=O) groups is 1. The van der Waals surface area contributed by atoms with Crippen LogP contribution in [0.4, 0.5) is 0 Å². The molecule has 3 aliphatic rings. The molecule has 0 spiro atoms. The smallest absolute Gasteiger partial charge is 0.375 e. The zero-order valence-electron chi connectivity index (χ0n) is 19.9. The van der Waals surface area contributed by atoms with Crippen LogP contribution < -0.4 is 9.84 Å². The van der Waals surface area contributed by atoms with Crippen molar-refractivity contribution in [3.05, 3.63) is 41.0 Å². The lowest BCUT2D eigenvalue weighted by Gasteiger charge is -2.50. The van der Waals surface area contributed by atoms with Crippen LogP contribution in [0.5, 0.6) is 5.75 Å². The predicted molar refractivity (Wildman–Crippen MR) is 136 cm³/mol. The van der Waals surface area contributed by atoms with E-state index < -0.39 is 6.72 Å². The number of rotatable bonds is 9. The first-order chi connectivity index (χ1) is 15.7. The number of unbranched alkanes of at least 4 members (excludes halogenated alkanes) is 4. The molecule has 1 fully saturated rings. The Bertz CT molecular complexity index is 958. The van der Waals surface area contributed by atoms with Crippen LogP contribution in [0, 0.1) is 17.3 Å². The summed E-state index contributed by atoms with van der Waals surface area (Å²) in [5, 5.41) is 3.20. The van der Waals surface area contributed by atoms with Gasteiger partial charge in [0.05, 0.1) is 0 Å². The summed E-state index contributed by atoms with van der Waals surface area (Å²) >= 11 is 4.62. The molecule has 0 aromatic heterocycles. The Kier molecular flexibility index (Phi) is 7.69. The Labute approximate surface area is 203 Å². The molecular formula is C26H38NO4PS. The van der Waals surface area contributed by atoms with Crippen LogP contribution in [-0.2, 0) is 23.0 Å². The zero-order chi connectivity index (χ0) is 23.6. The molecule has 0 unspecified atom stereocenters. The number of allylic oxidation sites excluding steroid dienone is 1. The van der Waals surface area contributed by atoms with Gasteiger partial charge in [0, 0.05) is 29.3 Å². The summed E-state index contributed by atoms with van der Waals surface area (Å²) in [5.74, 6) is 2.15. The molecule has 0 saturated heterocycles. The highest BCUT2D eigenvalue weighted by molar-refractivity contribution is 8.06. The molecule has 3 N–H and O–H groups in total. The van der Waals surface area contributed by atoms with Gasteiger partial charge in [-0.3, -0.25) is 4.79 Å². The average molecular weight is 492 g/mol. The summed E-state index contributed by atoms with van der Waals surface area (Å²) in [7, 11) is 0. The Morgan fingerprint density at radius 2 is 2.03 bits per heavy atom. The number of hydrogen-bond donors (Lipinski definition) is 3. The number of aryl methyl sites for hydroxylation is 1. The standard InChI is InChI=1S/C26H38NO4PS/c1-3-4-5-6-7-16-27-25(28)24-13-12-23-22-10-8-18-17-19(31-32(29,30)33)9-11-20(18)21(22)14-15-26(23,24)2/h9,11,13,17,21-23H,3-8,10,12,14-16H2,1-2H3,(H,27,28)(H2,29,30,33)/t21-,22-,23+,26+/m1/s1. The molecule has 3 aliphatic carbocycles. The molecule has 182 valence electrons. The van der Waals surface area contributed by atoms with Gasteiger partial charge in [-0.25, -0.2) is 0 Å². The van der Waals surface area contributed by atoms with Gasteiger partial charge >= 0.3 is 6.72 Å². The molecule has 33 heavy (non-hydrogen) atoms. The van der Waals surface area contributed by atoms with Crippen LogP contribution in [0.15, 0.2) is 29.8 Å². The number of amides is 1. The fourth-order valence-corrected chi connectivity index (χ4v) is 7.34. The van der Waals surface area contributed by atoms with E-state index in [2.05, 4.69) is 43.1 Å². The van der Waals surface area contributed by atoms with Crippen molar-refractivity contribution in [2.24, 2.45) is 17.3 Å². The first-order valence-electron chi connectivity index (χ1n) is 12.6. The topological polar surface area (TPSA) is 78.8 Å². The molecule has 5 nitrogen and oxygen atoms in total. The minimum absolute atomic E-state index is 0.0335. The highest BCUT2D eigenvalue weighted by Gasteiger charge is 2.53. The van der Waals surface area contributed by atoms with E-state index in [0.29, 0.717) is 23.5 Å². The lowest BCUT2D eigenvalue weighted by molar-refractivity contribution is -0.119. The SMILES string of the molecule is CCCCCCCNC(=O)C1=CC[C@H]2[C@@H]3CCc4cc(OP(O)(O)=S)ccc4[C@H]3CC[C@]12C. The maximum atomic E-state index is 13.1. The van der Waals surface area contributed by atoms with Gasteiger partial charge in [0.25, 0.3) is 0 Å². The largest absolute Gasteiger partial charge is 0.424 e. The van der Waals surface area contributed by atoms with Crippen molar-refractivity contribution in [2.75, 3.05) is 6.54 Å². The maximum Gasteiger partial charge on any atom is 0.375 e. The number of carbonyl (C=O) groups excluding carboxylic acids is 1. The highest BCUT2D eigenvalue weighted by Crippen LogP contribution is 2.61. The quantitative estimate of drug-likeness (QED) is 0.303. The third-order valence-corrected chi connectivity index (χ3v) is 8.99. The van der Waals surface area contributed by atoms with Crippen molar-refractivity contribution in [1.82, 2.24) is 5.32 Å². The van der Waals surface area contributed by atoms with Gasteiger partial charge in [-0.15, -0.1) is 0 Å². The fraction of sp³-hybridized carbons (Fsp3) is 0.654. The minimum atomic E-state index is -3.72. The molecule has 1 aromatic carbocycles. The first kappa shape index (κ1) is 24.9. The molecule has 7 heteroatoms. The normalized spacial score (nSPS) is 28.4. The Hall–Kier alpha value is -1.20. The van der Waals surface area contributed by atoms with E-state index in [1.165, 1.54) is 36.8 Å². The van der Waals surface area contributed by atoms with Crippen LogP contribution in [0.3, 0.4) is 0 Å². The van der Waals surface area contributed by atoms with Crippen molar-refractivity contribution in [2.45, 2.75) is 84.0 Å². The Balaban J connectivity index is 1.40.